The number of carbonyl (C=O) groups is 3. The zero-order valence-electron chi connectivity index (χ0n) is 14.3. The van der Waals surface area contributed by atoms with E-state index in [4.69, 9.17) is 5.26 Å². The molecule has 7 nitrogen and oxygen atoms in total. The summed E-state index contributed by atoms with van der Waals surface area (Å²) in [6.45, 7) is -0.0241. The number of carbonyl (C=O) groups excluding carboxylic acids is 3. The summed E-state index contributed by atoms with van der Waals surface area (Å²) in [6.07, 6.45) is -0.0578. The highest BCUT2D eigenvalue weighted by molar-refractivity contribution is 6.21. The first-order valence-electron chi connectivity index (χ1n) is 8.43. The normalized spacial score (nSPS) is 13.1. The van der Waals surface area contributed by atoms with Crippen molar-refractivity contribution in [1.29, 1.82) is 5.26 Å². The number of benzene rings is 2. The summed E-state index contributed by atoms with van der Waals surface area (Å²) < 4.78 is 1.40. The quantitative estimate of drug-likeness (QED) is 0.667. The van der Waals surface area contributed by atoms with Crippen LogP contribution in [0, 0.1) is 11.3 Å². The average molecular weight is 358 g/mol. The van der Waals surface area contributed by atoms with Crippen LogP contribution in [0.1, 0.15) is 37.8 Å². The lowest BCUT2D eigenvalue weighted by Gasteiger charge is -2.14. The third-order valence-corrected chi connectivity index (χ3v) is 4.54. The third-order valence-electron chi connectivity index (χ3n) is 4.54. The lowest BCUT2D eigenvalue weighted by atomic mass is 10.1. The van der Waals surface area contributed by atoms with Gasteiger partial charge in [-0.25, -0.2) is 4.98 Å². The van der Waals surface area contributed by atoms with Gasteiger partial charge >= 0.3 is 0 Å². The summed E-state index contributed by atoms with van der Waals surface area (Å²) >= 11 is 0. The number of imidazole rings is 1. The fraction of sp³-hybridized carbons (Fsp3) is 0.150. The van der Waals surface area contributed by atoms with Crippen LogP contribution in [0.25, 0.3) is 11.0 Å². The minimum atomic E-state index is -0.392. The van der Waals surface area contributed by atoms with Crippen molar-refractivity contribution in [2.45, 2.75) is 12.8 Å². The Morgan fingerprint density at radius 3 is 2.30 bits per heavy atom. The molecule has 0 saturated heterocycles. The maximum absolute atomic E-state index is 12.8. The Balaban J connectivity index is 1.59. The van der Waals surface area contributed by atoms with Crippen LogP contribution in [-0.4, -0.2) is 38.7 Å². The van der Waals surface area contributed by atoms with E-state index in [0.717, 1.165) is 4.90 Å². The van der Waals surface area contributed by atoms with Crippen LogP contribution in [0.4, 0.5) is 0 Å². The fourth-order valence-electron chi connectivity index (χ4n) is 3.30. The first-order valence-corrected chi connectivity index (χ1v) is 8.43. The van der Waals surface area contributed by atoms with Gasteiger partial charge in [0.15, 0.2) is 0 Å². The summed E-state index contributed by atoms with van der Waals surface area (Å²) in [5, 5.41) is 9.01. The smallest absolute Gasteiger partial charge is 0.261 e. The second-order valence-electron chi connectivity index (χ2n) is 6.14. The summed E-state index contributed by atoms with van der Waals surface area (Å²) in [6, 6.07) is 15.7. The molecular weight excluding hydrogens is 344 g/mol. The van der Waals surface area contributed by atoms with E-state index in [1.807, 2.05) is 6.07 Å². The molecule has 0 aliphatic carbocycles. The number of para-hydroxylation sites is 2. The second kappa shape index (κ2) is 6.50. The van der Waals surface area contributed by atoms with Crippen molar-refractivity contribution in [3.05, 3.63) is 65.5 Å². The number of nitrogens with zero attached hydrogens (tertiary/aromatic N) is 4. The highest BCUT2D eigenvalue weighted by Crippen LogP contribution is 2.23. The Kier molecular flexibility index (Phi) is 4.01. The van der Waals surface area contributed by atoms with E-state index in [1.165, 1.54) is 4.57 Å². The Bertz CT molecular complexity index is 1100. The molecule has 2 aromatic carbocycles. The van der Waals surface area contributed by atoms with E-state index in [9.17, 15) is 14.4 Å². The molecule has 0 radical (unpaired) electrons. The molecule has 1 aliphatic heterocycles. The summed E-state index contributed by atoms with van der Waals surface area (Å²) in [5.74, 6) is -0.746. The molecule has 27 heavy (non-hydrogen) atoms. The van der Waals surface area contributed by atoms with Crippen molar-refractivity contribution in [3.8, 4) is 6.07 Å². The minimum absolute atomic E-state index is 0.00651. The van der Waals surface area contributed by atoms with Gasteiger partial charge in [0, 0.05) is 13.0 Å². The van der Waals surface area contributed by atoms with Crippen LogP contribution >= 0.6 is 0 Å². The molecule has 0 saturated carbocycles. The number of hydrogen-bond acceptors (Lipinski definition) is 5. The monoisotopic (exact) mass is 358 g/mol. The first-order chi connectivity index (χ1) is 13.1. The van der Waals surface area contributed by atoms with E-state index in [1.54, 1.807) is 48.5 Å². The van der Waals surface area contributed by atoms with E-state index in [0.29, 0.717) is 28.0 Å². The van der Waals surface area contributed by atoms with E-state index in [-0.39, 0.29) is 25.3 Å². The molecule has 0 fully saturated rings. The molecule has 7 heteroatoms. The molecule has 3 aromatic rings. The number of hydrogen-bond donors (Lipinski definition) is 0. The van der Waals surface area contributed by atoms with E-state index >= 15 is 0 Å². The van der Waals surface area contributed by atoms with Crippen molar-refractivity contribution in [2.75, 3.05) is 6.54 Å². The zero-order valence-corrected chi connectivity index (χ0v) is 14.3. The summed E-state index contributed by atoms with van der Waals surface area (Å²) in [5.41, 5.74) is 1.94. The van der Waals surface area contributed by atoms with E-state index < -0.39 is 11.8 Å². The van der Waals surface area contributed by atoms with Gasteiger partial charge < -0.3 is 0 Å². The Morgan fingerprint density at radius 2 is 1.63 bits per heavy atom. The summed E-state index contributed by atoms with van der Waals surface area (Å²) in [4.78, 5) is 43.1. The maximum Gasteiger partial charge on any atom is 0.261 e. The standard InChI is InChI=1S/C20H14N4O3/c21-11-9-17-22-15-7-3-4-8-16(15)24(17)18(25)10-12-23-19(26)13-5-1-2-6-14(13)20(23)27/h1-8H,9-10,12H2. The van der Waals surface area contributed by atoms with Gasteiger partial charge in [0.05, 0.1) is 34.7 Å². The molecule has 132 valence electrons. The summed E-state index contributed by atoms with van der Waals surface area (Å²) in [7, 11) is 0. The van der Waals surface area contributed by atoms with E-state index in [2.05, 4.69) is 4.98 Å². The lowest BCUT2D eigenvalue weighted by Crippen LogP contribution is -2.32. The number of rotatable bonds is 4. The van der Waals surface area contributed by atoms with Crippen molar-refractivity contribution in [1.82, 2.24) is 14.5 Å². The molecule has 2 amide bonds. The molecule has 0 unspecified atom stereocenters. The van der Waals surface area contributed by atoms with Crippen LogP contribution in [0.3, 0.4) is 0 Å². The highest BCUT2D eigenvalue weighted by atomic mass is 16.2. The number of amides is 2. The Morgan fingerprint density at radius 1 is 1.00 bits per heavy atom. The van der Waals surface area contributed by atoms with Crippen molar-refractivity contribution < 1.29 is 14.4 Å². The van der Waals surface area contributed by atoms with Gasteiger partial charge in [0.1, 0.15) is 5.82 Å². The van der Waals surface area contributed by atoms with Gasteiger partial charge in [-0.3, -0.25) is 23.9 Å². The van der Waals surface area contributed by atoms with Crippen LogP contribution in [0.15, 0.2) is 48.5 Å². The Labute approximate surface area is 154 Å². The molecule has 4 rings (SSSR count). The van der Waals surface area contributed by atoms with Crippen molar-refractivity contribution >= 4 is 28.8 Å². The van der Waals surface area contributed by atoms with Gasteiger partial charge in [-0.15, -0.1) is 0 Å². The maximum atomic E-state index is 12.8. The van der Waals surface area contributed by atoms with Crippen LogP contribution in [-0.2, 0) is 6.42 Å². The molecule has 1 aromatic heterocycles. The first kappa shape index (κ1) is 16.7. The van der Waals surface area contributed by atoms with Gasteiger partial charge in [-0.05, 0) is 24.3 Å². The van der Waals surface area contributed by atoms with Crippen molar-refractivity contribution in [3.63, 3.8) is 0 Å². The largest absolute Gasteiger partial charge is 0.274 e. The topological polar surface area (TPSA) is 96.1 Å². The fourth-order valence-corrected chi connectivity index (χ4v) is 3.30. The molecule has 2 heterocycles. The van der Waals surface area contributed by atoms with Crippen LogP contribution in [0.2, 0.25) is 0 Å². The van der Waals surface area contributed by atoms with Crippen molar-refractivity contribution in [2.24, 2.45) is 0 Å². The van der Waals surface area contributed by atoms with Gasteiger partial charge in [0.2, 0.25) is 5.91 Å². The van der Waals surface area contributed by atoms with Crippen LogP contribution < -0.4 is 0 Å². The predicted molar refractivity (Wildman–Crippen MR) is 96.1 cm³/mol. The van der Waals surface area contributed by atoms with Gasteiger partial charge in [-0.1, -0.05) is 24.3 Å². The Hall–Kier alpha value is -3.79. The average Bonchev–Trinajstić information content (AvgIpc) is 3.16. The predicted octanol–water partition coefficient (Wildman–Crippen LogP) is 2.43. The molecule has 0 N–H and O–H groups in total. The zero-order chi connectivity index (χ0) is 19.0. The second-order valence-corrected chi connectivity index (χ2v) is 6.14. The van der Waals surface area contributed by atoms with Gasteiger partial charge in [-0.2, -0.15) is 5.26 Å². The molecular formula is C20H14N4O3. The number of fused-ring (bicyclic) bond motifs is 2. The molecule has 1 aliphatic rings. The number of imide groups is 1. The third kappa shape index (κ3) is 2.68. The van der Waals surface area contributed by atoms with Crippen LogP contribution in [0.5, 0.6) is 0 Å². The number of aromatic nitrogens is 2. The molecule has 0 atom stereocenters. The molecule has 0 bridgehead atoms. The lowest BCUT2D eigenvalue weighted by molar-refractivity contribution is 0.0645. The highest BCUT2D eigenvalue weighted by Gasteiger charge is 2.35. The van der Waals surface area contributed by atoms with Gasteiger partial charge in [0.25, 0.3) is 11.8 Å². The number of nitriles is 1. The SMILES string of the molecule is N#CCc1nc2ccccc2n1C(=O)CCN1C(=O)c2ccccc2C1=O. The minimum Gasteiger partial charge on any atom is -0.274 e. The molecule has 0 spiro atoms.